The van der Waals surface area contributed by atoms with E-state index in [1.807, 2.05) is 18.2 Å². The monoisotopic (exact) mass is 294 g/mol. The summed E-state index contributed by atoms with van der Waals surface area (Å²) in [6, 6.07) is 8.14. The molecule has 0 bridgehead atoms. The van der Waals surface area contributed by atoms with Crippen LogP contribution in [0.15, 0.2) is 30.3 Å². The quantitative estimate of drug-likeness (QED) is 0.692. The van der Waals surface area contributed by atoms with Crippen molar-refractivity contribution >= 4 is 18.0 Å². The van der Waals surface area contributed by atoms with E-state index in [4.69, 9.17) is 9.84 Å². The van der Waals surface area contributed by atoms with Gasteiger partial charge in [-0.2, -0.15) is 0 Å². The number of ether oxygens (including phenoxy) is 1. The molecule has 0 aliphatic carbocycles. The number of carboxylic acids is 1. The molecule has 7 nitrogen and oxygen atoms in total. The van der Waals surface area contributed by atoms with E-state index in [0.717, 1.165) is 5.56 Å². The molecule has 3 N–H and O–H groups in total. The number of aliphatic carboxylic acids is 1. The van der Waals surface area contributed by atoms with E-state index in [1.54, 1.807) is 12.1 Å². The van der Waals surface area contributed by atoms with Crippen molar-refractivity contribution in [3.8, 4) is 0 Å². The van der Waals surface area contributed by atoms with E-state index >= 15 is 0 Å². The number of hydrogen-bond acceptors (Lipinski definition) is 4. The Morgan fingerprint density at radius 2 is 1.90 bits per heavy atom. The minimum Gasteiger partial charge on any atom is -0.481 e. The number of benzene rings is 1. The Kier molecular flexibility index (Phi) is 6.73. The molecule has 1 aromatic rings. The Morgan fingerprint density at radius 3 is 2.48 bits per heavy atom. The molecular weight excluding hydrogens is 276 g/mol. The normalized spacial score (nSPS) is 11.3. The summed E-state index contributed by atoms with van der Waals surface area (Å²) in [7, 11) is 1.41. The van der Waals surface area contributed by atoms with Crippen LogP contribution < -0.4 is 10.6 Å². The van der Waals surface area contributed by atoms with Gasteiger partial charge in [0.1, 0.15) is 12.6 Å². The van der Waals surface area contributed by atoms with Gasteiger partial charge in [-0.05, 0) is 12.0 Å². The smallest absolute Gasteiger partial charge is 0.408 e. The first-order chi connectivity index (χ1) is 10.0. The first-order valence-electron chi connectivity index (χ1n) is 6.43. The van der Waals surface area contributed by atoms with Gasteiger partial charge >= 0.3 is 12.1 Å². The Labute approximate surface area is 122 Å². The molecule has 1 rings (SSSR count). The van der Waals surface area contributed by atoms with Gasteiger partial charge in [0, 0.05) is 13.5 Å². The third-order valence-corrected chi connectivity index (χ3v) is 2.71. The van der Waals surface area contributed by atoms with Crippen LogP contribution in [-0.4, -0.2) is 36.2 Å². The molecular formula is C14H18N2O5. The number of rotatable bonds is 7. The summed E-state index contributed by atoms with van der Waals surface area (Å²) in [5.41, 5.74) is 0.815. The molecule has 0 radical (unpaired) electrons. The van der Waals surface area contributed by atoms with Gasteiger partial charge in [-0.15, -0.1) is 0 Å². The average molecular weight is 294 g/mol. The maximum absolute atomic E-state index is 11.6. The third kappa shape index (κ3) is 6.42. The number of carbonyl (C=O) groups excluding carboxylic acids is 2. The third-order valence-electron chi connectivity index (χ3n) is 2.71. The van der Waals surface area contributed by atoms with E-state index in [2.05, 4.69) is 10.6 Å². The lowest BCUT2D eigenvalue weighted by Crippen LogP contribution is -2.46. The van der Waals surface area contributed by atoms with Gasteiger partial charge in [0.2, 0.25) is 5.91 Å². The van der Waals surface area contributed by atoms with Crippen LogP contribution >= 0.6 is 0 Å². The van der Waals surface area contributed by atoms with Crippen LogP contribution in [0.1, 0.15) is 18.4 Å². The molecule has 114 valence electrons. The molecule has 0 fully saturated rings. The van der Waals surface area contributed by atoms with Gasteiger partial charge in [-0.1, -0.05) is 30.3 Å². The van der Waals surface area contributed by atoms with Gasteiger partial charge in [0.05, 0.1) is 0 Å². The van der Waals surface area contributed by atoms with Gasteiger partial charge in [0.25, 0.3) is 0 Å². The molecule has 7 heteroatoms. The minimum atomic E-state index is -1.04. The molecule has 0 spiro atoms. The Hall–Kier alpha value is -2.57. The first kappa shape index (κ1) is 16.5. The molecule has 0 aliphatic heterocycles. The molecule has 0 aromatic heterocycles. The topological polar surface area (TPSA) is 105 Å². The molecule has 1 aromatic carbocycles. The van der Waals surface area contributed by atoms with Crippen LogP contribution in [-0.2, 0) is 20.9 Å². The summed E-state index contributed by atoms with van der Waals surface area (Å²) in [4.78, 5) is 33.7. The highest BCUT2D eigenvalue weighted by molar-refractivity contribution is 5.85. The highest BCUT2D eigenvalue weighted by Crippen LogP contribution is 2.02. The summed E-state index contributed by atoms with van der Waals surface area (Å²) in [5, 5.41) is 13.3. The van der Waals surface area contributed by atoms with Crippen molar-refractivity contribution in [3.05, 3.63) is 35.9 Å². The summed E-state index contributed by atoms with van der Waals surface area (Å²) < 4.78 is 4.98. The number of nitrogens with one attached hydrogen (secondary N) is 2. The zero-order chi connectivity index (χ0) is 15.7. The van der Waals surface area contributed by atoms with Gasteiger partial charge < -0.3 is 20.5 Å². The van der Waals surface area contributed by atoms with Crippen molar-refractivity contribution in [1.82, 2.24) is 10.6 Å². The number of likely N-dealkylation sites (N-methyl/N-ethyl adjacent to an activating group) is 1. The van der Waals surface area contributed by atoms with E-state index in [-0.39, 0.29) is 19.4 Å². The molecule has 0 saturated carbocycles. The van der Waals surface area contributed by atoms with E-state index in [0.29, 0.717) is 0 Å². The fourth-order valence-corrected chi connectivity index (χ4v) is 1.62. The second-order valence-corrected chi connectivity index (χ2v) is 4.31. The van der Waals surface area contributed by atoms with Crippen molar-refractivity contribution in [2.24, 2.45) is 0 Å². The van der Waals surface area contributed by atoms with Crippen molar-refractivity contribution in [1.29, 1.82) is 0 Å². The highest BCUT2D eigenvalue weighted by Gasteiger charge is 2.21. The molecule has 2 amide bonds. The van der Waals surface area contributed by atoms with Gasteiger partial charge in [-0.3, -0.25) is 9.59 Å². The lowest BCUT2D eigenvalue weighted by atomic mass is 10.1. The standard InChI is InChI=1S/C14H18N2O5/c1-15-13(19)11(7-8-12(17)18)16-14(20)21-9-10-5-3-2-4-6-10/h2-6,11H,7-9H2,1H3,(H,15,19)(H,16,20)(H,17,18)/t11-/m0/s1. The van der Waals surface area contributed by atoms with Gasteiger partial charge in [-0.25, -0.2) is 4.79 Å². The molecule has 21 heavy (non-hydrogen) atoms. The number of carbonyl (C=O) groups is 3. The van der Waals surface area contributed by atoms with Gasteiger partial charge in [0.15, 0.2) is 0 Å². The molecule has 0 heterocycles. The fraction of sp³-hybridized carbons (Fsp3) is 0.357. The second-order valence-electron chi connectivity index (χ2n) is 4.31. The van der Waals surface area contributed by atoms with Crippen molar-refractivity contribution in [2.75, 3.05) is 7.05 Å². The number of alkyl carbamates (subject to hydrolysis) is 1. The molecule has 0 saturated heterocycles. The predicted octanol–water partition coefficient (Wildman–Crippen LogP) is 0.892. The average Bonchev–Trinajstić information content (AvgIpc) is 2.49. The van der Waals surface area contributed by atoms with E-state index in [9.17, 15) is 14.4 Å². The minimum absolute atomic E-state index is 0.00452. The molecule has 0 unspecified atom stereocenters. The Morgan fingerprint density at radius 1 is 1.24 bits per heavy atom. The lowest BCUT2D eigenvalue weighted by Gasteiger charge is -2.16. The highest BCUT2D eigenvalue weighted by atomic mass is 16.5. The largest absolute Gasteiger partial charge is 0.481 e. The van der Waals surface area contributed by atoms with E-state index in [1.165, 1.54) is 7.05 Å². The number of hydrogen-bond donors (Lipinski definition) is 3. The fourth-order valence-electron chi connectivity index (χ4n) is 1.62. The van der Waals surface area contributed by atoms with Crippen LogP contribution in [0.3, 0.4) is 0 Å². The predicted molar refractivity (Wildman–Crippen MR) is 74.5 cm³/mol. The van der Waals surface area contributed by atoms with Crippen molar-refractivity contribution < 1.29 is 24.2 Å². The van der Waals surface area contributed by atoms with Crippen LogP contribution in [0.5, 0.6) is 0 Å². The zero-order valence-corrected chi connectivity index (χ0v) is 11.7. The number of amides is 2. The SMILES string of the molecule is CNC(=O)[C@H](CCC(=O)O)NC(=O)OCc1ccccc1. The van der Waals surface area contributed by atoms with Crippen LogP contribution in [0.4, 0.5) is 4.79 Å². The second kappa shape index (κ2) is 8.57. The summed E-state index contributed by atoms with van der Waals surface area (Å²) in [6.07, 6.45) is -0.996. The molecule has 1 atom stereocenters. The maximum Gasteiger partial charge on any atom is 0.408 e. The first-order valence-corrected chi connectivity index (χ1v) is 6.43. The number of carboxylic acid groups (broad SMARTS) is 1. The van der Waals surface area contributed by atoms with Crippen molar-refractivity contribution in [3.63, 3.8) is 0 Å². The van der Waals surface area contributed by atoms with Crippen LogP contribution in [0, 0.1) is 0 Å². The maximum atomic E-state index is 11.6. The van der Waals surface area contributed by atoms with E-state index < -0.39 is 24.0 Å². The summed E-state index contributed by atoms with van der Waals surface area (Å²) >= 11 is 0. The van der Waals surface area contributed by atoms with Crippen LogP contribution in [0.25, 0.3) is 0 Å². The summed E-state index contributed by atoms with van der Waals surface area (Å²) in [5.74, 6) is -1.50. The lowest BCUT2D eigenvalue weighted by molar-refractivity contribution is -0.137. The molecule has 0 aliphatic rings. The van der Waals surface area contributed by atoms with Crippen molar-refractivity contribution in [2.45, 2.75) is 25.5 Å². The zero-order valence-electron chi connectivity index (χ0n) is 11.7. The Bertz CT molecular complexity index is 489. The summed E-state index contributed by atoms with van der Waals surface area (Å²) in [6.45, 7) is 0.0755. The van der Waals surface area contributed by atoms with Crippen LogP contribution in [0.2, 0.25) is 0 Å². The Balaban J connectivity index is 2.47.